The summed E-state index contributed by atoms with van der Waals surface area (Å²) in [6.07, 6.45) is 2.57. The lowest BCUT2D eigenvalue weighted by molar-refractivity contribution is 0.481. The van der Waals surface area contributed by atoms with Crippen molar-refractivity contribution < 1.29 is 21.6 Å². The maximum Gasteiger partial charge on any atom is 0.301 e. The second kappa shape index (κ2) is 8.26. The molecule has 0 radical (unpaired) electrons. The van der Waals surface area contributed by atoms with Crippen molar-refractivity contribution in [1.82, 2.24) is 13.9 Å². The van der Waals surface area contributed by atoms with Crippen molar-refractivity contribution in [3.05, 3.63) is 57.4 Å². The third-order valence-electron chi connectivity index (χ3n) is 5.08. The number of halogens is 4. The SMILES string of the molecule is Cn1cnc2ccc(Nc3c(F)c(F)cc(NS(=O)(=O)N4CCCC4)c3F)c(Cl)c2c1=O. The van der Waals surface area contributed by atoms with Gasteiger partial charge in [0.15, 0.2) is 17.5 Å². The predicted octanol–water partition coefficient (Wildman–Crippen LogP) is 3.50. The zero-order valence-corrected chi connectivity index (χ0v) is 18.2. The van der Waals surface area contributed by atoms with Crippen LogP contribution in [0, 0.1) is 17.5 Å². The molecule has 2 aromatic carbocycles. The van der Waals surface area contributed by atoms with Gasteiger partial charge < -0.3 is 9.88 Å². The Balaban J connectivity index is 1.77. The first-order chi connectivity index (χ1) is 15.1. The van der Waals surface area contributed by atoms with E-state index >= 15 is 4.39 Å². The highest BCUT2D eigenvalue weighted by Gasteiger charge is 2.28. The summed E-state index contributed by atoms with van der Waals surface area (Å²) in [6, 6.07) is 3.14. The van der Waals surface area contributed by atoms with Gasteiger partial charge in [-0.25, -0.2) is 18.2 Å². The molecule has 0 aliphatic carbocycles. The van der Waals surface area contributed by atoms with Gasteiger partial charge in [-0.15, -0.1) is 0 Å². The Labute approximate surface area is 185 Å². The maximum atomic E-state index is 15.1. The second-order valence-electron chi connectivity index (χ2n) is 7.23. The molecule has 8 nitrogen and oxygen atoms in total. The number of fused-ring (bicyclic) bond motifs is 1. The lowest BCUT2D eigenvalue weighted by atomic mass is 10.2. The standard InChI is InChI=1S/C19H17ClF3N5O3S/c1-27-9-24-11-4-5-12(15(20)14(11)19(27)29)25-18-16(22)10(21)8-13(17(18)23)26-32(30,31)28-6-2-3-7-28/h4-5,8-9,25-26H,2-3,6-7H2,1H3. The largest absolute Gasteiger partial charge is 0.349 e. The number of benzene rings is 2. The molecule has 3 aromatic rings. The van der Waals surface area contributed by atoms with Crippen LogP contribution in [-0.2, 0) is 17.3 Å². The normalized spacial score (nSPS) is 14.8. The van der Waals surface area contributed by atoms with E-state index in [-0.39, 0.29) is 34.7 Å². The molecule has 2 N–H and O–H groups in total. The van der Waals surface area contributed by atoms with Gasteiger partial charge in [-0.05, 0) is 25.0 Å². The fraction of sp³-hybridized carbons (Fsp3) is 0.263. The van der Waals surface area contributed by atoms with Crippen LogP contribution in [0.4, 0.5) is 30.2 Å². The highest BCUT2D eigenvalue weighted by molar-refractivity contribution is 7.90. The summed E-state index contributed by atoms with van der Waals surface area (Å²) in [6.45, 7) is 0.475. The monoisotopic (exact) mass is 487 g/mol. The van der Waals surface area contributed by atoms with Crippen LogP contribution in [0.1, 0.15) is 12.8 Å². The van der Waals surface area contributed by atoms with E-state index in [9.17, 15) is 22.0 Å². The van der Waals surface area contributed by atoms with E-state index < -0.39 is 44.6 Å². The molecule has 1 fully saturated rings. The predicted molar refractivity (Wildman–Crippen MR) is 115 cm³/mol. The molecular weight excluding hydrogens is 471 g/mol. The van der Waals surface area contributed by atoms with Crippen molar-refractivity contribution in [2.75, 3.05) is 23.1 Å². The summed E-state index contributed by atoms with van der Waals surface area (Å²) in [4.78, 5) is 16.5. The smallest absolute Gasteiger partial charge is 0.301 e. The van der Waals surface area contributed by atoms with Gasteiger partial charge in [0.1, 0.15) is 5.69 Å². The molecule has 4 rings (SSSR count). The number of aryl methyl sites for hydroxylation is 1. The molecular formula is C19H17ClF3N5O3S. The molecule has 0 amide bonds. The topological polar surface area (TPSA) is 96.3 Å². The molecule has 0 saturated carbocycles. The highest BCUT2D eigenvalue weighted by Crippen LogP contribution is 2.35. The van der Waals surface area contributed by atoms with E-state index in [4.69, 9.17) is 11.6 Å². The molecule has 32 heavy (non-hydrogen) atoms. The first-order valence-electron chi connectivity index (χ1n) is 9.46. The zero-order valence-electron chi connectivity index (χ0n) is 16.6. The minimum absolute atomic E-state index is 0.00570. The van der Waals surface area contributed by atoms with Gasteiger partial charge in [-0.2, -0.15) is 12.7 Å². The minimum Gasteiger partial charge on any atom is -0.349 e. The molecule has 1 aliphatic heterocycles. The van der Waals surface area contributed by atoms with Crippen LogP contribution in [0.2, 0.25) is 5.02 Å². The summed E-state index contributed by atoms with van der Waals surface area (Å²) in [5, 5.41) is 2.15. The van der Waals surface area contributed by atoms with Gasteiger partial charge in [0.2, 0.25) is 0 Å². The van der Waals surface area contributed by atoms with Crippen molar-refractivity contribution in [3.63, 3.8) is 0 Å². The molecule has 0 spiro atoms. The maximum absolute atomic E-state index is 15.1. The quantitative estimate of drug-likeness (QED) is 0.537. The van der Waals surface area contributed by atoms with Crippen molar-refractivity contribution in [1.29, 1.82) is 0 Å². The molecule has 0 unspecified atom stereocenters. The average molecular weight is 488 g/mol. The first-order valence-corrected chi connectivity index (χ1v) is 11.3. The van der Waals surface area contributed by atoms with Crippen LogP contribution in [-0.4, -0.2) is 35.4 Å². The molecule has 1 saturated heterocycles. The van der Waals surface area contributed by atoms with Crippen molar-refractivity contribution >= 4 is 49.8 Å². The average Bonchev–Trinajstić information content (AvgIpc) is 3.29. The number of hydrogen-bond donors (Lipinski definition) is 2. The summed E-state index contributed by atoms with van der Waals surface area (Å²) in [5.41, 5.74) is -2.08. The Morgan fingerprint density at radius 2 is 1.78 bits per heavy atom. The zero-order chi connectivity index (χ0) is 23.2. The second-order valence-corrected chi connectivity index (χ2v) is 9.28. The van der Waals surface area contributed by atoms with E-state index in [1.54, 1.807) is 0 Å². The van der Waals surface area contributed by atoms with Gasteiger partial charge >= 0.3 is 10.2 Å². The van der Waals surface area contributed by atoms with Crippen LogP contribution in [0.3, 0.4) is 0 Å². The molecule has 1 aromatic heterocycles. The fourth-order valence-electron chi connectivity index (χ4n) is 3.41. The Bertz CT molecular complexity index is 1390. The minimum atomic E-state index is -4.15. The molecule has 0 atom stereocenters. The Morgan fingerprint density at radius 3 is 2.47 bits per heavy atom. The van der Waals surface area contributed by atoms with Gasteiger partial charge in [0.25, 0.3) is 5.56 Å². The van der Waals surface area contributed by atoms with Gasteiger partial charge in [-0.1, -0.05) is 11.6 Å². The molecule has 13 heteroatoms. The molecule has 2 heterocycles. The van der Waals surface area contributed by atoms with Crippen LogP contribution >= 0.6 is 11.6 Å². The molecule has 0 bridgehead atoms. The number of rotatable bonds is 5. The van der Waals surface area contributed by atoms with E-state index in [0.717, 1.165) is 4.31 Å². The van der Waals surface area contributed by atoms with Crippen molar-refractivity contribution in [3.8, 4) is 0 Å². The van der Waals surface area contributed by atoms with Crippen molar-refractivity contribution in [2.24, 2.45) is 7.05 Å². The van der Waals surface area contributed by atoms with Crippen LogP contribution < -0.4 is 15.6 Å². The van der Waals surface area contributed by atoms with E-state index in [1.165, 1.54) is 30.1 Å². The number of anilines is 3. The molecule has 170 valence electrons. The highest BCUT2D eigenvalue weighted by atomic mass is 35.5. The van der Waals surface area contributed by atoms with E-state index in [0.29, 0.717) is 18.9 Å². The van der Waals surface area contributed by atoms with Gasteiger partial charge in [-0.3, -0.25) is 9.52 Å². The Kier molecular flexibility index (Phi) is 5.77. The number of nitrogens with one attached hydrogen (secondary N) is 2. The van der Waals surface area contributed by atoms with Crippen molar-refractivity contribution in [2.45, 2.75) is 12.8 Å². The summed E-state index contributed by atoms with van der Waals surface area (Å²) < 4.78 is 72.9. The Morgan fingerprint density at radius 1 is 1.09 bits per heavy atom. The third-order valence-corrected chi connectivity index (χ3v) is 7.00. The lowest BCUT2D eigenvalue weighted by Crippen LogP contribution is -2.33. The fourth-order valence-corrected chi connectivity index (χ4v) is 4.99. The van der Waals surface area contributed by atoms with E-state index in [1.807, 2.05) is 4.72 Å². The van der Waals surface area contributed by atoms with E-state index in [2.05, 4.69) is 10.3 Å². The summed E-state index contributed by atoms with van der Waals surface area (Å²) in [7, 11) is -2.70. The number of nitrogens with zero attached hydrogens (tertiary/aromatic N) is 3. The summed E-state index contributed by atoms with van der Waals surface area (Å²) in [5.74, 6) is -4.44. The number of aromatic nitrogens is 2. The lowest BCUT2D eigenvalue weighted by Gasteiger charge is -2.19. The van der Waals surface area contributed by atoms with Gasteiger partial charge in [0, 0.05) is 26.2 Å². The summed E-state index contributed by atoms with van der Waals surface area (Å²) >= 11 is 6.27. The van der Waals surface area contributed by atoms with Crippen LogP contribution in [0.5, 0.6) is 0 Å². The van der Waals surface area contributed by atoms with Crippen LogP contribution in [0.25, 0.3) is 10.9 Å². The Hall–Kier alpha value is -2.83. The van der Waals surface area contributed by atoms with Gasteiger partial charge in [0.05, 0.1) is 33.6 Å². The molecule has 1 aliphatic rings. The third kappa shape index (κ3) is 3.89. The van der Waals surface area contributed by atoms with Crippen LogP contribution in [0.15, 0.2) is 29.3 Å². The first kappa shape index (κ1) is 22.4. The number of hydrogen-bond acceptors (Lipinski definition) is 5.